The molecular weight excluding hydrogens is 128 g/mol. The molecule has 2 heteroatoms. The molecule has 0 aliphatic carbocycles. The topological polar surface area (TPSA) is 18.5 Å². The minimum absolute atomic E-state index is 0.142. The van der Waals surface area contributed by atoms with Gasteiger partial charge in [-0.15, -0.1) is 0 Å². The smallest absolute Gasteiger partial charge is 0.160 e. The summed E-state index contributed by atoms with van der Waals surface area (Å²) in [6, 6.07) is 0. The third kappa shape index (κ3) is 1.06. The van der Waals surface area contributed by atoms with Gasteiger partial charge in [0.1, 0.15) is 0 Å². The zero-order valence-electron chi connectivity index (χ0n) is 6.38. The minimum Gasteiger partial charge on any atom is -0.352 e. The number of fused-ring (bicyclic) bond motifs is 1. The average Bonchev–Trinajstić information content (AvgIpc) is 2.33. The summed E-state index contributed by atoms with van der Waals surface area (Å²) in [4.78, 5) is 0. The van der Waals surface area contributed by atoms with Crippen LogP contribution < -0.4 is 0 Å². The highest BCUT2D eigenvalue weighted by molar-refractivity contribution is 4.75. The second-order valence-electron chi connectivity index (χ2n) is 3.31. The third-order valence-electron chi connectivity index (χ3n) is 2.47. The molecule has 0 N–H and O–H groups in total. The van der Waals surface area contributed by atoms with Gasteiger partial charge in [0.2, 0.25) is 0 Å². The van der Waals surface area contributed by atoms with E-state index in [0.717, 1.165) is 6.61 Å². The van der Waals surface area contributed by atoms with Crippen molar-refractivity contribution in [3.8, 4) is 0 Å². The fourth-order valence-corrected chi connectivity index (χ4v) is 1.78. The summed E-state index contributed by atoms with van der Waals surface area (Å²) in [5, 5.41) is 0. The van der Waals surface area contributed by atoms with Crippen LogP contribution in [-0.4, -0.2) is 19.0 Å². The van der Waals surface area contributed by atoms with Crippen LogP contribution >= 0.6 is 0 Å². The summed E-state index contributed by atoms with van der Waals surface area (Å²) < 4.78 is 11.0. The van der Waals surface area contributed by atoms with E-state index in [4.69, 9.17) is 9.47 Å². The molecule has 2 nitrogen and oxygen atoms in total. The van der Waals surface area contributed by atoms with Gasteiger partial charge in [0.25, 0.3) is 0 Å². The molecule has 0 aromatic carbocycles. The molecule has 2 saturated heterocycles. The Bertz CT molecular complexity index is 124. The van der Waals surface area contributed by atoms with Crippen LogP contribution in [0, 0.1) is 5.92 Å². The van der Waals surface area contributed by atoms with Crippen molar-refractivity contribution in [2.24, 2.45) is 5.92 Å². The molecule has 10 heavy (non-hydrogen) atoms. The molecule has 2 aliphatic heterocycles. The Kier molecular flexibility index (Phi) is 1.66. The molecule has 3 atom stereocenters. The molecule has 2 fully saturated rings. The highest BCUT2D eigenvalue weighted by atomic mass is 16.7. The summed E-state index contributed by atoms with van der Waals surface area (Å²) in [5.74, 6) is 0.705. The summed E-state index contributed by atoms with van der Waals surface area (Å²) in [6.07, 6.45) is 4.27. The highest BCUT2D eigenvalue weighted by Gasteiger charge is 2.33. The first-order valence-electron chi connectivity index (χ1n) is 4.13. The Balaban J connectivity index is 1.96. The minimum atomic E-state index is 0.142. The number of hydrogen-bond donors (Lipinski definition) is 0. The summed E-state index contributed by atoms with van der Waals surface area (Å²) in [7, 11) is 0. The molecule has 0 bridgehead atoms. The van der Waals surface area contributed by atoms with Crippen LogP contribution in [0.1, 0.15) is 26.2 Å². The molecule has 0 aromatic heterocycles. The summed E-state index contributed by atoms with van der Waals surface area (Å²) in [5.41, 5.74) is 0. The second-order valence-corrected chi connectivity index (χ2v) is 3.31. The standard InChI is InChI=1S/C8H14O2/c1-6-2-3-7-4-5-9-8(7)10-6/h6-8H,2-5H2,1H3/t6?,7-,8-/m0/s1. The zero-order chi connectivity index (χ0) is 6.97. The Morgan fingerprint density at radius 1 is 1.20 bits per heavy atom. The molecule has 0 radical (unpaired) electrons. The quantitative estimate of drug-likeness (QED) is 0.511. The molecule has 0 spiro atoms. The van der Waals surface area contributed by atoms with Crippen LogP contribution in [0.3, 0.4) is 0 Å². The van der Waals surface area contributed by atoms with E-state index < -0.39 is 0 Å². The van der Waals surface area contributed by atoms with Gasteiger partial charge in [-0.1, -0.05) is 0 Å². The van der Waals surface area contributed by atoms with Crippen molar-refractivity contribution in [2.75, 3.05) is 6.61 Å². The van der Waals surface area contributed by atoms with E-state index in [9.17, 15) is 0 Å². The largest absolute Gasteiger partial charge is 0.352 e. The van der Waals surface area contributed by atoms with Gasteiger partial charge in [0, 0.05) is 5.92 Å². The number of hydrogen-bond acceptors (Lipinski definition) is 2. The molecule has 2 rings (SSSR count). The Hall–Kier alpha value is -0.0800. The van der Waals surface area contributed by atoms with Gasteiger partial charge in [0.15, 0.2) is 6.29 Å². The van der Waals surface area contributed by atoms with Gasteiger partial charge in [-0.25, -0.2) is 0 Å². The molecule has 2 heterocycles. The Morgan fingerprint density at radius 3 is 3.00 bits per heavy atom. The van der Waals surface area contributed by atoms with E-state index in [-0.39, 0.29) is 6.29 Å². The monoisotopic (exact) mass is 142 g/mol. The average molecular weight is 142 g/mol. The first-order valence-corrected chi connectivity index (χ1v) is 4.13. The van der Waals surface area contributed by atoms with Gasteiger partial charge >= 0.3 is 0 Å². The first kappa shape index (κ1) is 6.62. The van der Waals surface area contributed by atoms with Crippen LogP contribution in [0.4, 0.5) is 0 Å². The summed E-state index contributed by atoms with van der Waals surface area (Å²) >= 11 is 0. The Morgan fingerprint density at radius 2 is 2.10 bits per heavy atom. The highest BCUT2D eigenvalue weighted by Crippen LogP contribution is 2.32. The first-order chi connectivity index (χ1) is 4.86. The van der Waals surface area contributed by atoms with Crippen LogP contribution in [-0.2, 0) is 9.47 Å². The van der Waals surface area contributed by atoms with Crippen molar-refractivity contribution >= 4 is 0 Å². The predicted octanol–water partition coefficient (Wildman–Crippen LogP) is 1.55. The van der Waals surface area contributed by atoms with E-state index >= 15 is 0 Å². The van der Waals surface area contributed by atoms with Crippen molar-refractivity contribution in [1.29, 1.82) is 0 Å². The lowest BCUT2D eigenvalue weighted by Gasteiger charge is -2.28. The molecule has 1 unspecified atom stereocenters. The maximum Gasteiger partial charge on any atom is 0.160 e. The van der Waals surface area contributed by atoms with E-state index in [1.165, 1.54) is 19.3 Å². The maximum absolute atomic E-state index is 5.59. The SMILES string of the molecule is CC1CC[C@H]2CCO[C@H]2O1. The Labute approximate surface area is 61.5 Å². The zero-order valence-corrected chi connectivity index (χ0v) is 6.38. The van der Waals surface area contributed by atoms with Crippen molar-refractivity contribution in [3.63, 3.8) is 0 Å². The van der Waals surface area contributed by atoms with Crippen molar-refractivity contribution < 1.29 is 9.47 Å². The fraction of sp³-hybridized carbons (Fsp3) is 1.00. The van der Waals surface area contributed by atoms with Gasteiger partial charge in [-0.05, 0) is 26.2 Å². The van der Waals surface area contributed by atoms with Crippen LogP contribution in [0.15, 0.2) is 0 Å². The fourth-order valence-electron chi connectivity index (χ4n) is 1.78. The molecule has 0 amide bonds. The number of ether oxygens (including phenoxy) is 2. The van der Waals surface area contributed by atoms with E-state index in [2.05, 4.69) is 6.92 Å². The lowest BCUT2D eigenvalue weighted by molar-refractivity contribution is -0.180. The molecule has 0 aromatic rings. The van der Waals surface area contributed by atoms with Crippen LogP contribution in [0.5, 0.6) is 0 Å². The van der Waals surface area contributed by atoms with E-state index in [1.54, 1.807) is 0 Å². The lowest BCUT2D eigenvalue weighted by Crippen LogP contribution is -2.30. The van der Waals surface area contributed by atoms with Gasteiger partial charge < -0.3 is 9.47 Å². The van der Waals surface area contributed by atoms with E-state index in [1.807, 2.05) is 0 Å². The van der Waals surface area contributed by atoms with E-state index in [0.29, 0.717) is 12.0 Å². The molecule has 58 valence electrons. The van der Waals surface area contributed by atoms with Gasteiger partial charge in [-0.3, -0.25) is 0 Å². The maximum atomic E-state index is 5.59. The van der Waals surface area contributed by atoms with Crippen molar-refractivity contribution in [1.82, 2.24) is 0 Å². The van der Waals surface area contributed by atoms with Gasteiger partial charge in [-0.2, -0.15) is 0 Å². The van der Waals surface area contributed by atoms with Crippen LogP contribution in [0.25, 0.3) is 0 Å². The molecular formula is C8H14O2. The second kappa shape index (κ2) is 2.51. The lowest BCUT2D eigenvalue weighted by atomic mass is 9.96. The molecule has 0 saturated carbocycles. The van der Waals surface area contributed by atoms with Crippen LogP contribution in [0.2, 0.25) is 0 Å². The normalized spacial score (nSPS) is 47.1. The van der Waals surface area contributed by atoms with Crippen molar-refractivity contribution in [2.45, 2.75) is 38.6 Å². The van der Waals surface area contributed by atoms with Gasteiger partial charge in [0.05, 0.1) is 12.7 Å². The van der Waals surface area contributed by atoms with Crippen molar-refractivity contribution in [3.05, 3.63) is 0 Å². The molecule has 2 aliphatic rings. The summed E-state index contributed by atoms with van der Waals surface area (Å²) in [6.45, 7) is 3.03. The number of rotatable bonds is 0. The predicted molar refractivity (Wildman–Crippen MR) is 37.6 cm³/mol. The third-order valence-corrected chi connectivity index (χ3v) is 2.47.